The van der Waals surface area contributed by atoms with E-state index in [4.69, 9.17) is 9.15 Å². The van der Waals surface area contributed by atoms with Crippen molar-refractivity contribution in [1.29, 1.82) is 0 Å². The van der Waals surface area contributed by atoms with Crippen LogP contribution in [0.1, 0.15) is 104 Å². The Morgan fingerprint density at radius 1 is 1.14 bits per heavy atom. The van der Waals surface area contributed by atoms with Crippen molar-refractivity contribution in [2.24, 2.45) is 11.8 Å². The van der Waals surface area contributed by atoms with Gasteiger partial charge in [-0.05, 0) is 40.0 Å². The van der Waals surface area contributed by atoms with Crippen molar-refractivity contribution in [3.05, 3.63) is 63.3 Å². The first-order chi connectivity index (χ1) is 20.2. The van der Waals surface area contributed by atoms with Crippen molar-refractivity contribution in [1.82, 2.24) is 0 Å². The summed E-state index contributed by atoms with van der Waals surface area (Å²) >= 11 is 0. The summed E-state index contributed by atoms with van der Waals surface area (Å²) < 4.78 is 11.0. The van der Waals surface area contributed by atoms with E-state index in [1.165, 1.54) is 43.7 Å². The molecule has 9 nitrogen and oxygen atoms in total. The average Bonchev–Trinajstić information content (AvgIpc) is 2.95. The highest BCUT2D eigenvalue weighted by Crippen LogP contribution is 2.37. The Kier molecular flexibility index (Phi) is 14.8. The Balaban J connectivity index is 2.14. The van der Waals surface area contributed by atoms with Gasteiger partial charge in [0, 0.05) is 18.4 Å². The molecule has 1 aromatic rings. The van der Waals surface area contributed by atoms with Gasteiger partial charge in [-0.25, -0.2) is 4.79 Å². The molecule has 1 fully saturated rings. The Morgan fingerprint density at radius 3 is 2.44 bits per heavy atom. The van der Waals surface area contributed by atoms with E-state index in [9.17, 15) is 35.4 Å². The standard InChI is InChI=1S/C34H54O9/c1-7-8-9-10-11-21(2)14-23(4)16-24(19-35)15-22(3)12-13-28(39)34(5,6)29-18-26(37)30(33(41)43-29)32-31(40)27(38)17-25(20-36)42-32/h12-13,15-16,18,21,24-25,27-28,31-32,35-40H,7-11,14,17,19-20H2,1-6H3/b13-12+,22-15+,23-16-/t21-,24-,25-,27-,28+,31+,32-/m1/s1. The molecule has 0 unspecified atom stereocenters. The number of ether oxygens (including phenoxy) is 1. The lowest BCUT2D eigenvalue weighted by molar-refractivity contribution is -0.180. The molecule has 0 amide bonds. The number of aromatic hydroxyl groups is 1. The summed E-state index contributed by atoms with van der Waals surface area (Å²) in [5.41, 5.74) is -0.399. The molecule has 6 N–H and O–H groups in total. The van der Waals surface area contributed by atoms with E-state index in [0.29, 0.717) is 5.92 Å². The first-order valence-corrected chi connectivity index (χ1v) is 15.6. The van der Waals surface area contributed by atoms with Crippen LogP contribution in [0.15, 0.2) is 50.7 Å². The summed E-state index contributed by atoms with van der Waals surface area (Å²) in [7, 11) is 0. The molecule has 244 valence electrons. The van der Waals surface area contributed by atoms with Crippen molar-refractivity contribution in [3.8, 4) is 5.75 Å². The van der Waals surface area contributed by atoms with Crippen molar-refractivity contribution in [3.63, 3.8) is 0 Å². The van der Waals surface area contributed by atoms with Gasteiger partial charge in [0.1, 0.15) is 29.3 Å². The molecule has 0 aromatic carbocycles. The Labute approximate surface area is 256 Å². The summed E-state index contributed by atoms with van der Waals surface area (Å²) in [5, 5.41) is 61.7. The van der Waals surface area contributed by atoms with Crippen LogP contribution in [0.5, 0.6) is 5.75 Å². The van der Waals surface area contributed by atoms with Gasteiger partial charge in [0.2, 0.25) is 0 Å². The smallest absolute Gasteiger partial charge is 0.345 e. The van der Waals surface area contributed by atoms with Crippen molar-refractivity contribution >= 4 is 0 Å². The highest BCUT2D eigenvalue weighted by atomic mass is 16.5. The van der Waals surface area contributed by atoms with Crippen LogP contribution in [-0.4, -0.2) is 68.3 Å². The quantitative estimate of drug-likeness (QED) is 0.0899. The molecule has 0 spiro atoms. The molecule has 2 rings (SSSR count). The third-order valence-corrected chi connectivity index (χ3v) is 8.33. The van der Waals surface area contributed by atoms with E-state index in [2.05, 4.69) is 26.8 Å². The second-order valence-corrected chi connectivity index (χ2v) is 12.8. The number of rotatable bonds is 16. The Hall–Kier alpha value is -2.27. The van der Waals surface area contributed by atoms with E-state index in [1.807, 2.05) is 13.0 Å². The van der Waals surface area contributed by atoms with Crippen molar-refractivity contribution in [2.75, 3.05) is 13.2 Å². The third kappa shape index (κ3) is 10.7. The van der Waals surface area contributed by atoms with Crippen LogP contribution in [0.2, 0.25) is 0 Å². The molecule has 9 heteroatoms. The van der Waals surface area contributed by atoms with Crippen LogP contribution in [0, 0.1) is 11.8 Å². The second kappa shape index (κ2) is 17.3. The first kappa shape index (κ1) is 36.9. The predicted octanol–water partition coefficient (Wildman–Crippen LogP) is 4.58. The lowest BCUT2D eigenvalue weighted by Gasteiger charge is -2.36. The van der Waals surface area contributed by atoms with Gasteiger partial charge in [-0.1, -0.05) is 81.4 Å². The zero-order valence-corrected chi connectivity index (χ0v) is 26.7. The zero-order chi connectivity index (χ0) is 32.3. The minimum absolute atomic E-state index is 0.0118. The molecule has 0 aliphatic carbocycles. The van der Waals surface area contributed by atoms with E-state index in [-0.39, 0.29) is 30.3 Å². The van der Waals surface area contributed by atoms with Crippen LogP contribution in [0.25, 0.3) is 0 Å². The summed E-state index contributed by atoms with van der Waals surface area (Å²) in [6.45, 7) is 11.3. The largest absolute Gasteiger partial charge is 0.507 e. The van der Waals surface area contributed by atoms with Gasteiger partial charge in [-0.15, -0.1) is 0 Å². The van der Waals surface area contributed by atoms with Crippen LogP contribution >= 0.6 is 0 Å². The van der Waals surface area contributed by atoms with Crippen LogP contribution < -0.4 is 5.63 Å². The minimum Gasteiger partial charge on any atom is -0.507 e. The van der Waals surface area contributed by atoms with E-state index >= 15 is 0 Å². The maximum absolute atomic E-state index is 12.9. The molecule has 1 saturated heterocycles. The molecular weight excluding hydrogens is 552 g/mol. The number of unbranched alkanes of at least 4 members (excludes halogenated alkanes) is 3. The van der Waals surface area contributed by atoms with Gasteiger partial charge in [-0.2, -0.15) is 0 Å². The minimum atomic E-state index is -1.50. The topological polar surface area (TPSA) is 161 Å². The van der Waals surface area contributed by atoms with E-state index < -0.39 is 53.9 Å². The second-order valence-electron chi connectivity index (χ2n) is 12.8. The molecule has 0 radical (unpaired) electrons. The molecule has 43 heavy (non-hydrogen) atoms. The number of aliphatic hydroxyl groups excluding tert-OH is 5. The van der Waals surface area contributed by atoms with Gasteiger partial charge in [0.25, 0.3) is 0 Å². The van der Waals surface area contributed by atoms with Gasteiger partial charge < -0.3 is 39.8 Å². The van der Waals surface area contributed by atoms with Gasteiger partial charge in [-0.3, -0.25) is 0 Å². The molecular formula is C34H54O9. The maximum atomic E-state index is 12.9. The van der Waals surface area contributed by atoms with Gasteiger partial charge >= 0.3 is 5.63 Å². The van der Waals surface area contributed by atoms with Crippen molar-refractivity contribution in [2.45, 2.75) is 122 Å². The molecule has 1 aliphatic heterocycles. The molecule has 2 heterocycles. The van der Waals surface area contributed by atoms with E-state index in [1.54, 1.807) is 26.0 Å². The number of hydrogen-bond acceptors (Lipinski definition) is 9. The monoisotopic (exact) mass is 606 g/mol. The van der Waals surface area contributed by atoms with Crippen molar-refractivity contribution < 1.29 is 39.8 Å². The summed E-state index contributed by atoms with van der Waals surface area (Å²) in [6.07, 6.45) is 8.44. The summed E-state index contributed by atoms with van der Waals surface area (Å²) in [4.78, 5) is 12.9. The third-order valence-electron chi connectivity index (χ3n) is 8.33. The molecule has 0 saturated carbocycles. The number of allylic oxidation sites excluding steroid dienone is 3. The van der Waals surface area contributed by atoms with Gasteiger partial charge in [0.05, 0.1) is 36.9 Å². The van der Waals surface area contributed by atoms with E-state index in [0.717, 1.165) is 12.0 Å². The highest BCUT2D eigenvalue weighted by molar-refractivity contribution is 5.36. The molecule has 0 bridgehead atoms. The lowest BCUT2D eigenvalue weighted by atomic mass is 9.82. The fourth-order valence-electron chi connectivity index (χ4n) is 5.56. The maximum Gasteiger partial charge on any atom is 0.345 e. The van der Waals surface area contributed by atoms with Crippen LogP contribution in [0.4, 0.5) is 0 Å². The SMILES string of the molecule is CCCCCC[C@@H](C)C/C(C)=C\[C@@H](/C=C(C)/C=C/[C@H](O)C(C)(C)c1cc(O)c([C@H]2O[C@@H](CO)C[C@@H](O)[C@@H]2O)c(=O)o1)CO. The summed E-state index contributed by atoms with van der Waals surface area (Å²) in [6, 6.07) is 1.20. The first-order valence-electron chi connectivity index (χ1n) is 15.6. The van der Waals surface area contributed by atoms with Crippen LogP contribution in [-0.2, 0) is 10.2 Å². The highest BCUT2D eigenvalue weighted by Gasteiger charge is 2.41. The summed E-state index contributed by atoms with van der Waals surface area (Å²) in [5.74, 6) is -0.0686. The van der Waals surface area contributed by atoms with Crippen LogP contribution in [0.3, 0.4) is 0 Å². The average molecular weight is 607 g/mol. The number of hydrogen-bond donors (Lipinski definition) is 6. The predicted molar refractivity (Wildman–Crippen MR) is 167 cm³/mol. The zero-order valence-electron chi connectivity index (χ0n) is 26.7. The van der Waals surface area contributed by atoms with Gasteiger partial charge in [0.15, 0.2) is 0 Å². The Morgan fingerprint density at radius 2 is 1.84 bits per heavy atom. The lowest BCUT2D eigenvalue weighted by Crippen LogP contribution is -2.46. The molecule has 1 aliphatic rings. The fraction of sp³-hybridized carbons (Fsp3) is 0.676. The Bertz CT molecular complexity index is 1150. The molecule has 7 atom stereocenters. The number of aliphatic hydroxyl groups is 5. The fourth-order valence-corrected chi connectivity index (χ4v) is 5.56. The molecule has 1 aromatic heterocycles. The normalized spacial score (nSPS) is 24.3.